The van der Waals surface area contributed by atoms with Gasteiger partial charge < -0.3 is 15.5 Å². The number of carbonyl (C=O) groups is 2. The third-order valence-electron chi connectivity index (χ3n) is 6.66. The third kappa shape index (κ3) is 5.01. The fourth-order valence-electron chi connectivity index (χ4n) is 4.77. The van der Waals surface area contributed by atoms with Gasteiger partial charge in [-0.2, -0.15) is 5.26 Å². The zero-order valence-electron chi connectivity index (χ0n) is 20.7. The minimum absolute atomic E-state index is 0.227. The van der Waals surface area contributed by atoms with Crippen molar-refractivity contribution in [3.8, 4) is 6.07 Å². The molecule has 11 heteroatoms. The number of carbonyl (C=O) groups excluding carboxylic acids is 2. The first-order valence-electron chi connectivity index (χ1n) is 12.0. The number of likely N-dealkylation sites (tertiary alicyclic amines) is 1. The minimum Gasteiger partial charge on any atom is -0.326 e. The van der Waals surface area contributed by atoms with Gasteiger partial charge in [0.25, 0.3) is 5.56 Å². The largest absolute Gasteiger partial charge is 0.331 e. The number of benzene rings is 2. The van der Waals surface area contributed by atoms with Gasteiger partial charge in [0, 0.05) is 37.6 Å². The molecule has 1 saturated heterocycles. The molecular weight excluding hydrogens is 496 g/mol. The Morgan fingerprint density at radius 2 is 1.54 bits per heavy atom. The Morgan fingerprint density at radius 1 is 0.973 bits per heavy atom. The van der Waals surface area contributed by atoms with Gasteiger partial charge in [-0.05, 0) is 57.3 Å². The number of nitrogens with one attached hydrogen (secondary N) is 2. The summed E-state index contributed by atoms with van der Waals surface area (Å²) in [6.45, 7) is 4.96. The van der Waals surface area contributed by atoms with Gasteiger partial charge in [-0.3, -0.25) is 23.5 Å². The van der Waals surface area contributed by atoms with Crippen molar-refractivity contribution < 1.29 is 9.59 Å². The van der Waals surface area contributed by atoms with E-state index in [0.717, 1.165) is 0 Å². The number of aryl methyl sites for hydroxylation is 1. The average molecular weight is 523 g/mol. The van der Waals surface area contributed by atoms with Gasteiger partial charge in [0.15, 0.2) is 0 Å². The quantitative estimate of drug-likeness (QED) is 0.511. The molecule has 0 bridgehead atoms. The van der Waals surface area contributed by atoms with Crippen LogP contribution in [0.4, 0.5) is 11.4 Å². The Morgan fingerprint density at radius 3 is 2.08 bits per heavy atom. The van der Waals surface area contributed by atoms with Crippen LogP contribution in [0.15, 0.2) is 46.0 Å². The van der Waals surface area contributed by atoms with Crippen molar-refractivity contribution in [2.24, 2.45) is 11.8 Å². The lowest BCUT2D eigenvalue weighted by Gasteiger charge is -2.18. The highest BCUT2D eigenvalue weighted by molar-refractivity contribution is 6.32. The maximum atomic E-state index is 13.3. The van der Waals surface area contributed by atoms with E-state index < -0.39 is 17.4 Å². The second kappa shape index (κ2) is 10.6. The molecule has 0 unspecified atom stereocenters. The second-order valence-corrected chi connectivity index (χ2v) is 9.43. The molecule has 0 aliphatic carbocycles. The smallest absolute Gasteiger partial charge is 0.326 e. The first-order valence-corrected chi connectivity index (χ1v) is 12.3. The summed E-state index contributed by atoms with van der Waals surface area (Å²) in [5.74, 6) is -1.93. The fraction of sp³-hybridized carbons (Fsp3) is 0.346. The van der Waals surface area contributed by atoms with Gasteiger partial charge in [-0.1, -0.05) is 11.6 Å². The molecule has 1 aromatic heterocycles. The molecule has 1 aliphatic rings. The minimum atomic E-state index is -0.633. The van der Waals surface area contributed by atoms with Crippen LogP contribution in [0, 0.1) is 23.2 Å². The Kier molecular flexibility index (Phi) is 7.47. The molecule has 2 amide bonds. The van der Waals surface area contributed by atoms with Gasteiger partial charge in [-0.25, -0.2) is 4.79 Å². The first kappa shape index (κ1) is 26.1. The number of hydrogen-bond acceptors (Lipinski definition) is 6. The van der Waals surface area contributed by atoms with Gasteiger partial charge in [-0.15, -0.1) is 0 Å². The number of hydrogen-bond donors (Lipinski definition) is 2. The second-order valence-electron chi connectivity index (χ2n) is 9.03. The summed E-state index contributed by atoms with van der Waals surface area (Å²) in [5, 5.41) is 15.2. The number of anilines is 2. The predicted octanol–water partition coefficient (Wildman–Crippen LogP) is 2.48. The van der Waals surface area contributed by atoms with Gasteiger partial charge in [0.05, 0.1) is 33.3 Å². The van der Waals surface area contributed by atoms with Crippen LogP contribution in [-0.4, -0.2) is 46.0 Å². The van der Waals surface area contributed by atoms with Crippen molar-refractivity contribution >= 4 is 45.7 Å². The molecule has 3 aromatic rings. The zero-order valence-corrected chi connectivity index (χ0v) is 21.5. The normalized spacial score (nSPS) is 17.5. The molecule has 2 atom stereocenters. The van der Waals surface area contributed by atoms with Crippen molar-refractivity contribution in [1.82, 2.24) is 14.0 Å². The van der Waals surface area contributed by atoms with Crippen molar-refractivity contribution in [1.29, 1.82) is 5.26 Å². The topological polar surface area (TPSA) is 129 Å². The van der Waals surface area contributed by atoms with E-state index in [1.54, 1.807) is 31.2 Å². The van der Waals surface area contributed by atoms with Crippen LogP contribution >= 0.6 is 11.6 Å². The summed E-state index contributed by atoms with van der Waals surface area (Å²) in [7, 11) is 1.83. The summed E-state index contributed by atoms with van der Waals surface area (Å²) in [5.41, 5.74) is 0.860. The Hall–Kier alpha value is -3.94. The van der Waals surface area contributed by atoms with E-state index in [4.69, 9.17) is 16.9 Å². The lowest BCUT2D eigenvalue weighted by atomic mass is 9.94. The molecule has 2 N–H and O–H groups in total. The summed E-state index contributed by atoms with van der Waals surface area (Å²) in [6, 6.07) is 11.4. The monoisotopic (exact) mass is 522 g/mol. The first-order chi connectivity index (χ1) is 17.7. The predicted molar refractivity (Wildman–Crippen MR) is 142 cm³/mol. The van der Waals surface area contributed by atoms with Crippen molar-refractivity contribution in [2.75, 3.05) is 30.8 Å². The number of aromatic nitrogens is 2. The number of amides is 2. The molecular formula is C26H27ClN6O4. The average Bonchev–Trinajstić information content (AvgIpc) is 3.27. The van der Waals surface area contributed by atoms with E-state index in [0.29, 0.717) is 47.5 Å². The Balaban J connectivity index is 1.57. The summed E-state index contributed by atoms with van der Waals surface area (Å²) < 4.78 is 2.69. The zero-order chi connectivity index (χ0) is 26.9. The number of nitriles is 1. The standard InChI is InChI=1S/C26H27ClN6O4/c1-4-32-22-9-8-16(10-18(22)25(36)33(5-2)26(32)37)29-23(34)19-13-31(3)14-20(19)24(35)30-17-7-6-15(12-28)21(27)11-17/h6-11,19-20H,4-5,13-14H2,1-3H3,(H,29,34)(H,30,35)/t19-,20-/m1/s1. The Bertz CT molecular complexity index is 1550. The van der Waals surface area contributed by atoms with Crippen LogP contribution < -0.4 is 21.9 Å². The van der Waals surface area contributed by atoms with E-state index >= 15 is 0 Å². The number of nitrogens with zero attached hydrogens (tertiary/aromatic N) is 4. The van der Waals surface area contributed by atoms with Crippen molar-refractivity contribution in [3.05, 3.63) is 67.8 Å². The number of rotatable bonds is 6. The lowest BCUT2D eigenvalue weighted by Crippen LogP contribution is -2.39. The molecule has 37 heavy (non-hydrogen) atoms. The van der Waals surface area contributed by atoms with Crippen molar-refractivity contribution in [3.63, 3.8) is 0 Å². The molecule has 10 nitrogen and oxygen atoms in total. The van der Waals surface area contributed by atoms with E-state index in [2.05, 4.69) is 10.6 Å². The molecule has 1 aliphatic heterocycles. The lowest BCUT2D eigenvalue weighted by molar-refractivity contribution is -0.127. The summed E-state index contributed by atoms with van der Waals surface area (Å²) in [6.07, 6.45) is 0. The van der Waals surface area contributed by atoms with Crippen molar-refractivity contribution in [2.45, 2.75) is 26.9 Å². The molecule has 1 fully saturated rings. The Labute approximate surface area is 218 Å². The highest BCUT2D eigenvalue weighted by atomic mass is 35.5. The molecule has 0 spiro atoms. The van der Waals surface area contributed by atoms with Crippen LogP contribution in [0.2, 0.25) is 5.02 Å². The summed E-state index contributed by atoms with van der Waals surface area (Å²) >= 11 is 6.08. The van der Waals surface area contributed by atoms with Gasteiger partial charge in [0.2, 0.25) is 11.8 Å². The molecule has 192 valence electrons. The van der Waals surface area contributed by atoms with E-state index in [1.165, 1.54) is 21.3 Å². The maximum absolute atomic E-state index is 13.3. The van der Waals surface area contributed by atoms with Gasteiger partial charge in [0.1, 0.15) is 6.07 Å². The summed E-state index contributed by atoms with van der Waals surface area (Å²) in [4.78, 5) is 53.8. The molecule has 4 rings (SSSR count). The third-order valence-corrected chi connectivity index (χ3v) is 6.97. The molecule has 0 saturated carbocycles. The SMILES string of the molecule is CCn1c(=O)c2cc(NC(=O)[C@@H]3CN(C)C[C@H]3C(=O)Nc3ccc(C#N)c(Cl)c3)ccc2n(CC)c1=O. The molecule has 2 aromatic carbocycles. The maximum Gasteiger partial charge on any atom is 0.331 e. The number of fused-ring (bicyclic) bond motifs is 1. The van der Waals surface area contributed by atoms with Crippen LogP contribution in [0.25, 0.3) is 10.9 Å². The fourth-order valence-corrected chi connectivity index (χ4v) is 4.99. The highest BCUT2D eigenvalue weighted by Gasteiger charge is 2.40. The van der Waals surface area contributed by atoms with Gasteiger partial charge >= 0.3 is 5.69 Å². The van der Waals surface area contributed by atoms with E-state index in [9.17, 15) is 19.2 Å². The van der Waals surface area contributed by atoms with Crippen LogP contribution in [-0.2, 0) is 22.7 Å². The molecule has 2 heterocycles. The van der Waals surface area contributed by atoms with E-state index in [-0.39, 0.29) is 29.1 Å². The van der Waals surface area contributed by atoms with Crippen LogP contribution in [0.1, 0.15) is 19.4 Å². The van der Waals surface area contributed by atoms with Crippen LogP contribution in [0.5, 0.6) is 0 Å². The highest BCUT2D eigenvalue weighted by Crippen LogP contribution is 2.27. The van der Waals surface area contributed by atoms with Crippen LogP contribution in [0.3, 0.4) is 0 Å². The molecule has 0 radical (unpaired) electrons. The number of halogens is 1. The van der Waals surface area contributed by atoms with E-state index in [1.807, 2.05) is 24.9 Å².